The van der Waals surface area contributed by atoms with E-state index in [4.69, 9.17) is 0 Å². The van der Waals surface area contributed by atoms with Crippen LogP contribution in [0.2, 0.25) is 0 Å². The topological polar surface area (TPSA) is 15.3 Å². The molecule has 1 N–H and O–H groups in total. The van der Waals surface area contributed by atoms with Crippen molar-refractivity contribution in [3.05, 3.63) is 0 Å². The van der Waals surface area contributed by atoms with Gasteiger partial charge in [0.1, 0.15) is 0 Å². The zero-order valence-electron chi connectivity index (χ0n) is 9.81. The lowest BCUT2D eigenvalue weighted by molar-refractivity contribution is 0.153. The summed E-state index contributed by atoms with van der Waals surface area (Å²) in [4.78, 5) is 2.61. The normalized spacial score (nSPS) is 22.5. The number of thioether (sulfide) groups is 1. The summed E-state index contributed by atoms with van der Waals surface area (Å²) in [5.41, 5.74) is 0.399. The Balaban J connectivity index is 2.15. The predicted octanol–water partition coefficient (Wildman–Crippen LogP) is 1.81. The van der Waals surface area contributed by atoms with E-state index >= 15 is 0 Å². The Bertz CT molecular complexity index is 153. The molecular weight excluding hydrogens is 192 g/mol. The maximum absolute atomic E-state index is 3.44. The predicted molar refractivity (Wildman–Crippen MR) is 66.1 cm³/mol. The van der Waals surface area contributed by atoms with Gasteiger partial charge in [0.2, 0.25) is 0 Å². The molecule has 1 rings (SSSR count). The van der Waals surface area contributed by atoms with Crippen LogP contribution in [0.3, 0.4) is 0 Å². The van der Waals surface area contributed by atoms with Gasteiger partial charge in [0, 0.05) is 5.54 Å². The summed E-state index contributed by atoms with van der Waals surface area (Å²) in [6.45, 7) is 6.17. The molecule has 0 radical (unpaired) electrons. The van der Waals surface area contributed by atoms with Crippen LogP contribution in [0.1, 0.15) is 26.2 Å². The van der Waals surface area contributed by atoms with Crippen molar-refractivity contribution in [3.63, 3.8) is 0 Å². The van der Waals surface area contributed by atoms with Crippen LogP contribution >= 0.6 is 11.8 Å². The first-order valence-corrected chi connectivity index (χ1v) is 7.00. The average molecular weight is 216 g/mol. The number of nitrogens with one attached hydrogen (secondary N) is 1. The Morgan fingerprint density at radius 2 is 2.00 bits per heavy atom. The third-order valence-corrected chi connectivity index (χ3v) is 4.08. The first-order valence-electron chi connectivity index (χ1n) is 5.60. The summed E-state index contributed by atoms with van der Waals surface area (Å²) in [5.74, 6) is 1.31. The van der Waals surface area contributed by atoms with Gasteiger partial charge in [0.15, 0.2) is 0 Å². The fourth-order valence-corrected chi connectivity index (χ4v) is 2.37. The van der Waals surface area contributed by atoms with Gasteiger partial charge in [-0.2, -0.15) is 11.8 Å². The molecule has 0 amide bonds. The van der Waals surface area contributed by atoms with E-state index in [1.807, 2.05) is 11.8 Å². The van der Waals surface area contributed by atoms with Crippen molar-refractivity contribution in [2.45, 2.75) is 31.7 Å². The van der Waals surface area contributed by atoms with E-state index in [1.165, 1.54) is 44.6 Å². The molecule has 14 heavy (non-hydrogen) atoms. The Hall–Kier alpha value is 0.270. The Kier molecular flexibility index (Phi) is 5.28. The third-order valence-electron chi connectivity index (χ3n) is 3.39. The minimum Gasteiger partial charge on any atom is -0.314 e. The zero-order valence-corrected chi connectivity index (χ0v) is 10.6. The van der Waals surface area contributed by atoms with Crippen LogP contribution in [0.15, 0.2) is 0 Å². The average Bonchev–Trinajstić information content (AvgIpc) is 2.22. The molecule has 1 saturated heterocycles. The Morgan fingerprint density at radius 1 is 1.36 bits per heavy atom. The fraction of sp³-hybridized carbons (Fsp3) is 1.00. The highest BCUT2D eigenvalue weighted by Crippen LogP contribution is 2.21. The van der Waals surface area contributed by atoms with Crippen molar-refractivity contribution in [3.8, 4) is 0 Å². The van der Waals surface area contributed by atoms with Crippen LogP contribution in [0.4, 0.5) is 0 Å². The van der Waals surface area contributed by atoms with Gasteiger partial charge in [-0.25, -0.2) is 0 Å². The molecule has 0 aromatic carbocycles. The molecule has 0 spiro atoms. The van der Waals surface area contributed by atoms with E-state index in [2.05, 4.69) is 30.4 Å². The number of piperidine rings is 1. The van der Waals surface area contributed by atoms with E-state index in [1.54, 1.807) is 0 Å². The van der Waals surface area contributed by atoms with E-state index in [9.17, 15) is 0 Å². The highest BCUT2D eigenvalue weighted by atomic mass is 32.2. The fourth-order valence-electron chi connectivity index (χ4n) is 1.95. The minimum atomic E-state index is 0.399. The van der Waals surface area contributed by atoms with Crippen molar-refractivity contribution < 1.29 is 0 Å². The maximum Gasteiger partial charge on any atom is 0.0174 e. The lowest BCUT2D eigenvalue weighted by Gasteiger charge is -2.39. The van der Waals surface area contributed by atoms with E-state index in [-0.39, 0.29) is 0 Å². The monoisotopic (exact) mass is 216 g/mol. The Morgan fingerprint density at radius 3 is 2.50 bits per heavy atom. The van der Waals surface area contributed by atoms with E-state index in [0.717, 1.165) is 0 Å². The van der Waals surface area contributed by atoms with E-state index in [0.29, 0.717) is 5.54 Å². The molecule has 0 aromatic heterocycles. The molecule has 1 fully saturated rings. The van der Waals surface area contributed by atoms with Crippen molar-refractivity contribution in [2.24, 2.45) is 0 Å². The number of nitrogens with zero attached hydrogens (tertiary/aromatic N) is 1. The smallest absolute Gasteiger partial charge is 0.0174 e. The van der Waals surface area contributed by atoms with Gasteiger partial charge in [-0.15, -0.1) is 0 Å². The molecule has 84 valence electrons. The quantitative estimate of drug-likeness (QED) is 0.706. The highest BCUT2D eigenvalue weighted by Gasteiger charge is 2.27. The maximum atomic E-state index is 3.44. The molecule has 0 aromatic rings. The second-order valence-electron chi connectivity index (χ2n) is 4.50. The molecular formula is C11H24N2S. The molecule has 3 heteroatoms. The number of rotatable bonds is 5. The number of likely N-dealkylation sites (tertiary alicyclic amines) is 1. The molecule has 1 aliphatic heterocycles. The van der Waals surface area contributed by atoms with Crippen molar-refractivity contribution in [1.82, 2.24) is 10.2 Å². The summed E-state index contributed by atoms with van der Waals surface area (Å²) in [5, 5.41) is 3.44. The second-order valence-corrected chi connectivity index (χ2v) is 5.48. The van der Waals surface area contributed by atoms with Crippen molar-refractivity contribution in [1.29, 1.82) is 0 Å². The summed E-state index contributed by atoms with van der Waals surface area (Å²) in [6.07, 6.45) is 6.12. The van der Waals surface area contributed by atoms with Gasteiger partial charge in [-0.3, -0.25) is 0 Å². The van der Waals surface area contributed by atoms with Crippen molar-refractivity contribution >= 4 is 11.8 Å². The molecule has 0 atom stereocenters. The van der Waals surface area contributed by atoms with Gasteiger partial charge in [-0.05, 0) is 64.9 Å². The second kappa shape index (κ2) is 5.99. The number of hydrogen-bond donors (Lipinski definition) is 1. The molecule has 2 nitrogen and oxygen atoms in total. The van der Waals surface area contributed by atoms with Crippen LogP contribution in [-0.4, -0.2) is 49.1 Å². The van der Waals surface area contributed by atoms with Gasteiger partial charge in [0.05, 0.1) is 0 Å². The highest BCUT2D eigenvalue weighted by molar-refractivity contribution is 7.98. The summed E-state index contributed by atoms with van der Waals surface area (Å²) in [6, 6.07) is 0. The lowest BCUT2D eigenvalue weighted by Crippen LogP contribution is -2.50. The standard InChI is InChI=1S/C11H24N2S/c1-11(12-2)5-8-13(9-6-11)7-4-10-14-3/h12H,4-10H2,1-3H3. The minimum absolute atomic E-state index is 0.399. The molecule has 1 aliphatic rings. The van der Waals surface area contributed by atoms with Gasteiger partial charge in [0.25, 0.3) is 0 Å². The first-order chi connectivity index (χ1) is 6.70. The molecule has 0 saturated carbocycles. The summed E-state index contributed by atoms with van der Waals surface area (Å²) in [7, 11) is 2.09. The van der Waals surface area contributed by atoms with Crippen LogP contribution < -0.4 is 5.32 Å². The summed E-state index contributed by atoms with van der Waals surface area (Å²) < 4.78 is 0. The van der Waals surface area contributed by atoms with Crippen LogP contribution in [0, 0.1) is 0 Å². The van der Waals surface area contributed by atoms with Gasteiger partial charge in [-0.1, -0.05) is 0 Å². The molecule has 0 bridgehead atoms. The first kappa shape index (κ1) is 12.3. The van der Waals surface area contributed by atoms with Crippen LogP contribution in [0.25, 0.3) is 0 Å². The van der Waals surface area contributed by atoms with Crippen LogP contribution in [0.5, 0.6) is 0 Å². The molecule has 1 heterocycles. The zero-order chi connectivity index (χ0) is 10.4. The lowest BCUT2D eigenvalue weighted by atomic mass is 9.90. The summed E-state index contributed by atoms with van der Waals surface area (Å²) >= 11 is 1.96. The van der Waals surface area contributed by atoms with Gasteiger partial charge < -0.3 is 10.2 Å². The Labute approximate surface area is 92.8 Å². The molecule has 0 unspecified atom stereocenters. The largest absolute Gasteiger partial charge is 0.314 e. The SMILES string of the molecule is CNC1(C)CCN(CCCSC)CC1. The molecule has 0 aliphatic carbocycles. The van der Waals surface area contributed by atoms with E-state index < -0.39 is 0 Å². The van der Waals surface area contributed by atoms with Crippen LogP contribution in [-0.2, 0) is 0 Å². The third kappa shape index (κ3) is 3.79. The number of hydrogen-bond acceptors (Lipinski definition) is 3. The van der Waals surface area contributed by atoms with Gasteiger partial charge >= 0.3 is 0 Å². The van der Waals surface area contributed by atoms with Crippen molar-refractivity contribution in [2.75, 3.05) is 38.7 Å².